The number of hydrogen-bond acceptors (Lipinski definition) is 3. The molecule has 0 aliphatic rings. The van der Waals surface area contributed by atoms with Crippen LogP contribution in [0.15, 0.2) is 24.3 Å². The maximum absolute atomic E-state index is 11.3. The number of rotatable bonds is 6. The van der Waals surface area contributed by atoms with Gasteiger partial charge in [0.2, 0.25) is 0 Å². The Morgan fingerprint density at radius 1 is 1.56 bits per heavy atom. The second kappa shape index (κ2) is 7.36. The molecule has 1 rings (SSSR count). The molecule has 0 aliphatic heterocycles. The third-order valence-electron chi connectivity index (χ3n) is 2.41. The van der Waals surface area contributed by atoms with E-state index in [1.807, 2.05) is 13.0 Å². The first-order chi connectivity index (χ1) is 8.69. The molecule has 0 bridgehead atoms. The number of para-hydroxylation sites is 1. The Morgan fingerprint density at radius 2 is 2.28 bits per heavy atom. The van der Waals surface area contributed by atoms with Crippen LogP contribution in [0.4, 0.5) is 0 Å². The van der Waals surface area contributed by atoms with Gasteiger partial charge in [0, 0.05) is 5.56 Å². The number of nitrogens with one attached hydrogen (secondary N) is 1. The van der Waals surface area contributed by atoms with E-state index in [0.29, 0.717) is 17.7 Å². The third kappa shape index (κ3) is 4.11. The second-order valence-electron chi connectivity index (χ2n) is 3.73. The predicted octanol–water partition coefficient (Wildman–Crippen LogP) is 1.26. The van der Waals surface area contributed by atoms with Crippen LogP contribution in [0.2, 0.25) is 0 Å². The Morgan fingerprint density at radius 3 is 2.94 bits per heavy atom. The van der Waals surface area contributed by atoms with Gasteiger partial charge in [-0.3, -0.25) is 4.79 Å². The largest absolute Gasteiger partial charge is 0.483 e. The zero-order chi connectivity index (χ0) is 13.4. The van der Waals surface area contributed by atoms with E-state index in [1.165, 1.54) is 0 Å². The van der Waals surface area contributed by atoms with E-state index >= 15 is 0 Å². The van der Waals surface area contributed by atoms with Crippen LogP contribution in [0.3, 0.4) is 0 Å². The molecule has 18 heavy (non-hydrogen) atoms. The molecule has 1 aromatic rings. The highest BCUT2D eigenvalue weighted by atomic mass is 16.5. The molecule has 0 fully saturated rings. The number of aliphatic hydroxyl groups excluding tert-OH is 1. The Kier molecular flexibility index (Phi) is 5.75. The molecule has 0 aromatic heterocycles. The zero-order valence-electron chi connectivity index (χ0n) is 10.3. The maximum atomic E-state index is 11.3. The molecule has 4 heteroatoms. The van der Waals surface area contributed by atoms with Gasteiger partial charge in [0.1, 0.15) is 5.75 Å². The summed E-state index contributed by atoms with van der Waals surface area (Å²) in [6.45, 7) is 1.94. The van der Waals surface area contributed by atoms with Crippen LogP contribution in [-0.4, -0.2) is 24.2 Å². The second-order valence-corrected chi connectivity index (χ2v) is 3.73. The highest BCUT2D eigenvalue weighted by molar-refractivity contribution is 5.77. The van der Waals surface area contributed by atoms with Gasteiger partial charge in [-0.1, -0.05) is 31.0 Å². The van der Waals surface area contributed by atoms with Crippen molar-refractivity contribution in [2.45, 2.75) is 19.4 Å². The topological polar surface area (TPSA) is 58.6 Å². The Labute approximate surface area is 107 Å². The number of amides is 1. The van der Waals surface area contributed by atoms with Crippen LogP contribution in [-0.2, 0) is 4.79 Å². The molecular weight excluding hydrogens is 230 g/mol. The van der Waals surface area contributed by atoms with Crippen molar-refractivity contribution in [3.63, 3.8) is 0 Å². The average Bonchev–Trinajstić information content (AvgIpc) is 2.42. The van der Waals surface area contributed by atoms with Gasteiger partial charge in [-0.15, -0.1) is 6.42 Å². The molecule has 0 saturated heterocycles. The van der Waals surface area contributed by atoms with Crippen LogP contribution in [0.25, 0.3) is 0 Å². The number of benzene rings is 1. The summed E-state index contributed by atoms with van der Waals surface area (Å²) in [6, 6.07) is 7.12. The summed E-state index contributed by atoms with van der Waals surface area (Å²) < 4.78 is 5.38. The van der Waals surface area contributed by atoms with Gasteiger partial charge in [-0.05, 0) is 12.5 Å². The summed E-state index contributed by atoms with van der Waals surface area (Å²) in [7, 11) is 0. The van der Waals surface area contributed by atoms with Gasteiger partial charge < -0.3 is 15.2 Å². The van der Waals surface area contributed by atoms with E-state index in [9.17, 15) is 9.90 Å². The van der Waals surface area contributed by atoms with Crippen molar-refractivity contribution in [1.29, 1.82) is 0 Å². The maximum Gasteiger partial charge on any atom is 0.258 e. The number of aliphatic hydroxyl groups is 1. The van der Waals surface area contributed by atoms with Crippen molar-refractivity contribution >= 4 is 5.91 Å². The molecule has 1 amide bonds. The van der Waals surface area contributed by atoms with E-state index in [2.05, 4.69) is 11.2 Å². The highest BCUT2D eigenvalue weighted by Gasteiger charge is 2.11. The monoisotopic (exact) mass is 247 g/mol. The first-order valence-electron chi connectivity index (χ1n) is 5.79. The van der Waals surface area contributed by atoms with Gasteiger partial charge in [-0.2, -0.15) is 0 Å². The van der Waals surface area contributed by atoms with E-state index in [0.717, 1.165) is 0 Å². The fraction of sp³-hybridized carbons (Fsp3) is 0.357. The minimum atomic E-state index is -0.588. The molecule has 0 aliphatic carbocycles. The summed E-state index contributed by atoms with van der Waals surface area (Å²) in [5.74, 6) is 2.54. The molecule has 0 unspecified atom stereocenters. The average molecular weight is 247 g/mol. The first kappa shape index (κ1) is 14.1. The lowest BCUT2D eigenvalue weighted by atomic mass is 10.1. The molecule has 2 N–H and O–H groups in total. The Hall–Kier alpha value is -1.99. The summed E-state index contributed by atoms with van der Waals surface area (Å²) in [4.78, 5) is 11.3. The van der Waals surface area contributed by atoms with Crippen molar-refractivity contribution < 1.29 is 14.6 Å². The number of carbonyl (C=O) groups is 1. The lowest BCUT2D eigenvalue weighted by Crippen LogP contribution is -2.29. The molecule has 0 heterocycles. The third-order valence-corrected chi connectivity index (χ3v) is 2.41. The van der Waals surface area contributed by atoms with E-state index < -0.39 is 6.10 Å². The van der Waals surface area contributed by atoms with Gasteiger partial charge in [0.05, 0.1) is 12.6 Å². The Bertz CT molecular complexity index is 437. The standard InChI is InChI=1S/C14H17NO3/c1-3-9-15-14(17)10-18-13-8-6-5-7-11(13)12(16)4-2/h1,5-8,12,16H,4,9-10H2,2H3,(H,15,17)/t12-/m0/s1. The molecule has 96 valence electrons. The summed E-state index contributed by atoms with van der Waals surface area (Å²) in [5, 5.41) is 12.3. The van der Waals surface area contributed by atoms with Crippen LogP contribution in [0.1, 0.15) is 25.0 Å². The normalized spacial score (nSPS) is 11.4. The summed E-state index contributed by atoms with van der Waals surface area (Å²) >= 11 is 0. The quantitative estimate of drug-likeness (QED) is 0.744. The van der Waals surface area contributed by atoms with Crippen LogP contribution >= 0.6 is 0 Å². The van der Waals surface area contributed by atoms with Crippen LogP contribution < -0.4 is 10.1 Å². The number of ether oxygens (including phenoxy) is 1. The Balaban J connectivity index is 2.62. The van der Waals surface area contributed by atoms with Gasteiger partial charge >= 0.3 is 0 Å². The van der Waals surface area contributed by atoms with E-state index in [4.69, 9.17) is 11.2 Å². The van der Waals surface area contributed by atoms with Crippen molar-refractivity contribution in [3.05, 3.63) is 29.8 Å². The minimum absolute atomic E-state index is 0.116. The van der Waals surface area contributed by atoms with Crippen molar-refractivity contribution in [2.24, 2.45) is 0 Å². The minimum Gasteiger partial charge on any atom is -0.483 e. The SMILES string of the molecule is C#CCNC(=O)COc1ccccc1[C@@H](O)CC. The zero-order valence-corrected chi connectivity index (χ0v) is 10.3. The molecule has 1 atom stereocenters. The molecule has 0 radical (unpaired) electrons. The smallest absolute Gasteiger partial charge is 0.258 e. The number of hydrogen-bond donors (Lipinski definition) is 2. The van der Waals surface area contributed by atoms with Crippen molar-refractivity contribution in [1.82, 2.24) is 5.32 Å². The fourth-order valence-corrected chi connectivity index (χ4v) is 1.45. The number of terminal acetylenes is 1. The van der Waals surface area contributed by atoms with Gasteiger partial charge in [0.25, 0.3) is 5.91 Å². The van der Waals surface area contributed by atoms with Crippen molar-refractivity contribution in [2.75, 3.05) is 13.2 Å². The van der Waals surface area contributed by atoms with Gasteiger partial charge in [0.15, 0.2) is 6.61 Å². The predicted molar refractivity (Wildman–Crippen MR) is 69.0 cm³/mol. The molecule has 0 saturated carbocycles. The molecule has 0 spiro atoms. The molecule has 4 nitrogen and oxygen atoms in total. The summed E-state index contributed by atoms with van der Waals surface area (Å²) in [5.41, 5.74) is 0.685. The highest BCUT2D eigenvalue weighted by Crippen LogP contribution is 2.26. The van der Waals surface area contributed by atoms with Crippen LogP contribution in [0, 0.1) is 12.3 Å². The van der Waals surface area contributed by atoms with Gasteiger partial charge in [-0.25, -0.2) is 0 Å². The first-order valence-corrected chi connectivity index (χ1v) is 5.79. The number of carbonyl (C=O) groups excluding carboxylic acids is 1. The fourth-order valence-electron chi connectivity index (χ4n) is 1.45. The lowest BCUT2D eigenvalue weighted by Gasteiger charge is -2.14. The molecular formula is C14H17NO3. The van der Waals surface area contributed by atoms with E-state index in [-0.39, 0.29) is 19.1 Å². The molecule has 1 aromatic carbocycles. The van der Waals surface area contributed by atoms with Crippen LogP contribution in [0.5, 0.6) is 5.75 Å². The summed E-state index contributed by atoms with van der Waals surface area (Å²) in [6.07, 6.45) is 5.03. The van der Waals surface area contributed by atoms with Crippen molar-refractivity contribution in [3.8, 4) is 18.1 Å². The van der Waals surface area contributed by atoms with E-state index in [1.54, 1.807) is 18.2 Å². The lowest BCUT2D eigenvalue weighted by molar-refractivity contribution is -0.122.